The van der Waals surface area contributed by atoms with E-state index < -0.39 is 0 Å². The molecule has 1 aliphatic rings. The van der Waals surface area contributed by atoms with Crippen molar-refractivity contribution in [3.63, 3.8) is 0 Å². The van der Waals surface area contributed by atoms with Gasteiger partial charge in [0.1, 0.15) is 10.8 Å². The van der Waals surface area contributed by atoms with Crippen LogP contribution >= 0.6 is 23.2 Å². The fourth-order valence-corrected chi connectivity index (χ4v) is 3.02. The first-order valence-electron chi connectivity index (χ1n) is 6.95. The van der Waals surface area contributed by atoms with Crippen LogP contribution in [-0.2, 0) is 0 Å². The molecule has 0 saturated carbocycles. The molecule has 116 valence electrons. The molecule has 22 heavy (non-hydrogen) atoms. The zero-order valence-electron chi connectivity index (χ0n) is 11.9. The number of pyridine rings is 1. The molecule has 0 N–H and O–H groups in total. The summed E-state index contributed by atoms with van der Waals surface area (Å²) in [6, 6.07) is 3.03. The van der Waals surface area contributed by atoms with Crippen LogP contribution in [0.4, 0.5) is 0 Å². The predicted molar refractivity (Wildman–Crippen MR) is 81.2 cm³/mol. The van der Waals surface area contributed by atoms with E-state index in [1.807, 2.05) is 0 Å². The Hall–Kier alpha value is -1.66. The minimum absolute atomic E-state index is 0.162. The number of aromatic nitrogens is 3. The molecule has 8 heteroatoms. The molecule has 3 rings (SSSR count). The van der Waals surface area contributed by atoms with Crippen molar-refractivity contribution in [2.75, 3.05) is 13.1 Å². The highest BCUT2D eigenvalue weighted by molar-refractivity contribution is 6.34. The van der Waals surface area contributed by atoms with Crippen LogP contribution in [0.3, 0.4) is 0 Å². The summed E-state index contributed by atoms with van der Waals surface area (Å²) in [5, 5.41) is 4.42. The van der Waals surface area contributed by atoms with E-state index in [1.54, 1.807) is 11.8 Å². The van der Waals surface area contributed by atoms with Crippen LogP contribution in [0.25, 0.3) is 0 Å². The number of hydrogen-bond donors (Lipinski definition) is 0. The lowest BCUT2D eigenvalue weighted by atomic mass is 9.96. The normalized spacial score (nSPS) is 16.0. The minimum Gasteiger partial charge on any atom is -0.339 e. The molecule has 2 aromatic rings. The van der Waals surface area contributed by atoms with Crippen LogP contribution in [-0.4, -0.2) is 39.0 Å². The third-order valence-corrected chi connectivity index (χ3v) is 4.06. The Balaban J connectivity index is 1.67. The van der Waals surface area contributed by atoms with Crippen LogP contribution in [0.5, 0.6) is 0 Å². The summed E-state index contributed by atoms with van der Waals surface area (Å²) in [6.07, 6.45) is 1.56. The second kappa shape index (κ2) is 6.22. The molecule has 1 amide bonds. The van der Waals surface area contributed by atoms with Gasteiger partial charge in [-0.3, -0.25) is 4.79 Å². The van der Waals surface area contributed by atoms with Crippen molar-refractivity contribution >= 4 is 29.1 Å². The zero-order valence-corrected chi connectivity index (χ0v) is 13.4. The number of aryl methyl sites for hydroxylation is 1. The van der Waals surface area contributed by atoms with E-state index in [1.165, 1.54) is 12.1 Å². The first kappa shape index (κ1) is 15.2. The van der Waals surface area contributed by atoms with E-state index >= 15 is 0 Å². The van der Waals surface area contributed by atoms with E-state index in [2.05, 4.69) is 15.1 Å². The van der Waals surface area contributed by atoms with Crippen molar-refractivity contribution in [1.82, 2.24) is 20.0 Å². The number of amides is 1. The van der Waals surface area contributed by atoms with Gasteiger partial charge in [0.05, 0.1) is 0 Å². The van der Waals surface area contributed by atoms with E-state index in [0.717, 1.165) is 12.8 Å². The van der Waals surface area contributed by atoms with Crippen LogP contribution in [0.1, 0.15) is 41.0 Å². The molecule has 0 aromatic carbocycles. The summed E-state index contributed by atoms with van der Waals surface area (Å²) in [5.74, 6) is 1.31. The number of hydrogen-bond acceptors (Lipinski definition) is 5. The third kappa shape index (κ3) is 3.23. The van der Waals surface area contributed by atoms with Gasteiger partial charge in [-0.2, -0.15) is 4.98 Å². The second-order valence-electron chi connectivity index (χ2n) is 5.24. The molecule has 1 aliphatic heterocycles. The molecule has 2 aromatic heterocycles. The smallest absolute Gasteiger partial charge is 0.272 e. The van der Waals surface area contributed by atoms with Gasteiger partial charge in [0.2, 0.25) is 5.89 Å². The molecular formula is C14H14Cl2N4O2. The Bertz CT molecular complexity index is 676. The van der Waals surface area contributed by atoms with Crippen LogP contribution in [0, 0.1) is 6.92 Å². The first-order chi connectivity index (χ1) is 10.5. The van der Waals surface area contributed by atoms with Crippen LogP contribution < -0.4 is 0 Å². The third-order valence-electron chi connectivity index (χ3n) is 3.65. The first-order valence-corrected chi connectivity index (χ1v) is 7.71. The zero-order chi connectivity index (χ0) is 15.7. The summed E-state index contributed by atoms with van der Waals surface area (Å²) in [7, 11) is 0. The molecule has 6 nitrogen and oxygen atoms in total. The Morgan fingerprint density at radius 3 is 2.59 bits per heavy atom. The van der Waals surface area contributed by atoms with Gasteiger partial charge in [0, 0.05) is 24.0 Å². The molecule has 1 fully saturated rings. The van der Waals surface area contributed by atoms with Crippen LogP contribution in [0.15, 0.2) is 16.7 Å². The van der Waals surface area contributed by atoms with Gasteiger partial charge in [0.15, 0.2) is 5.82 Å². The van der Waals surface area contributed by atoms with Gasteiger partial charge in [-0.1, -0.05) is 28.4 Å². The van der Waals surface area contributed by atoms with Crippen molar-refractivity contribution in [2.24, 2.45) is 0 Å². The summed E-state index contributed by atoms with van der Waals surface area (Å²) in [5.41, 5.74) is 0.268. The number of rotatable bonds is 2. The Labute approximate surface area is 137 Å². The highest BCUT2D eigenvalue weighted by Gasteiger charge is 2.28. The maximum atomic E-state index is 12.4. The average molecular weight is 341 g/mol. The fourth-order valence-electron chi connectivity index (χ4n) is 2.55. The van der Waals surface area contributed by atoms with Gasteiger partial charge in [0.25, 0.3) is 5.91 Å². The van der Waals surface area contributed by atoms with Gasteiger partial charge >= 0.3 is 0 Å². The monoisotopic (exact) mass is 340 g/mol. The van der Waals surface area contributed by atoms with Crippen molar-refractivity contribution < 1.29 is 9.32 Å². The van der Waals surface area contributed by atoms with Crippen molar-refractivity contribution in [2.45, 2.75) is 25.7 Å². The SMILES string of the molecule is Cc1noc(C2CCN(C(=O)c3cc(Cl)cc(Cl)n3)CC2)n1. The lowest BCUT2D eigenvalue weighted by Gasteiger charge is -2.30. The molecule has 1 saturated heterocycles. The number of piperidine rings is 1. The highest BCUT2D eigenvalue weighted by Crippen LogP contribution is 2.27. The second-order valence-corrected chi connectivity index (χ2v) is 6.06. The maximum absolute atomic E-state index is 12.4. The Morgan fingerprint density at radius 2 is 2.00 bits per heavy atom. The highest BCUT2D eigenvalue weighted by atomic mass is 35.5. The van der Waals surface area contributed by atoms with Gasteiger partial charge in [-0.25, -0.2) is 4.98 Å². The molecule has 0 aliphatic carbocycles. The van der Waals surface area contributed by atoms with E-state index in [0.29, 0.717) is 29.8 Å². The largest absolute Gasteiger partial charge is 0.339 e. The van der Waals surface area contributed by atoms with Crippen molar-refractivity contribution in [3.05, 3.63) is 39.7 Å². The van der Waals surface area contributed by atoms with Crippen molar-refractivity contribution in [3.8, 4) is 0 Å². The fraction of sp³-hybridized carbons (Fsp3) is 0.429. The lowest BCUT2D eigenvalue weighted by molar-refractivity contribution is 0.0698. The summed E-state index contributed by atoms with van der Waals surface area (Å²) >= 11 is 11.8. The Kier molecular flexibility index (Phi) is 4.31. The maximum Gasteiger partial charge on any atom is 0.272 e. The van der Waals surface area contributed by atoms with Gasteiger partial charge in [-0.05, 0) is 31.9 Å². The van der Waals surface area contributed by atoms with E-state index in [4.69, 9.17) is 27.7 Å². The molecule has 0 spiro atoms. The topological polar surface area (TPSA) is 72.1 Å². The number of carbonyl (C=O) groups is 1. The van der Waals surface area contributed by atoms with E-state index in [-0.39, 0.29) is 22.7 Å². The summed E-state index contributed by atoms with van der Waals surface area (Å²) in [4.78, 5) is 22.5. The quantitative estimate of drug-likeness (QED) is 0.785. The van der Waals surface area contributed by atoms with Gasteiger partial charge < -0.3 is 9.42 Å². The predicted octanol–water partition coefficient (Wildman–Crippen LogP) is 3.10. The number of likely N-dealkylation sites (tertiary alicyclic amines) is 1. The molecule has 0 bridgehead atoms. The molecule has 0 unspecified atom stereocenters. The molecule has 0 radical (unpaired) electrons. The standard InChI is InChI=1S/C14H14Cl2N4O2/c1-8-17-13(22-19-8)9-2-4-20(5-3-9)14(21)11-6-10(15)7-12(16)18-11/h6-7,9H,2-5H2,1H3. The van der Waals surface area contributed by atoms with Gasteiger partial charge in [-0.15, -0.1) is 0 Å². The molecule has 0 atom stereocenters. The molecule has 3 heterocycles. The average Bonchev–Trinajstić information content (AvgIpc) is 2.92. The summed E-state index contributed by atoms with van der Waals surface area (Å²) in [6.45, 7) is 3.01. The summed E-state index contributed by atoms with van der Waals surface area (Å²) < 4.78 is 5.20. The van der Waals surface area contributed by atoms with Crippen LogP contribution in [0.2, 0.25) is 10.2 Å². The number of halogens is 2. The molecular weight excluding hydrogens is 327 g/mol. The lowest BCUT2D eigenvalue weighted by Crippen LogP contribution is -2.38. The Morgan fingerprint density at radius 1 is 1.27 bits per heavy atom. The minimum atomic E-state index is -0.162. The van der Waals surface area contributed by atoms with E-state index in [9.17, 15) is 4.79 Å². The number of carbonyl (C=O) groups excluding carboxylic acids is 1. The number of nitrogens with zero attached hydrogens (tertiary/aromatic N) is 4. The van der Waals surface area contributed by atoms with Crippen molar-refractivity contribution in [1.29, 1.82) is 0 Å².